The van der Waals surface area contributed by atoms with Gasteiger partial charge < -0.3 is 29.2 Å². The molecule has 3 aliphatic rings. The molecule has 7 nitrogen and oxygen atoms in total. The third kappa shape index (κ3) is 6.15. The van der Waals surface area contributed by atoms with Gasteiger partial charge in [0.2, 0.25) is 0 Å². The van der Waals surface area contributed by atoms with Crippen molar-refractivity contribution in [3.05, 3.63) is 23.8 Å². The maximum Gasteiger partial charge on any atom is 0.260 e. The molecule has 4 rings (SSSR count). The summed E-state index contributed by atoms with van der Waals surface area (Å²) in [5, 5.41) is 3.49. The van der Waals surface area contributed by atoms with Crippen LogP contribution in [0, 0.1) is 0 Å². The first-order valence-electron chi connectivity index (χ1n) is 12.4. The van der Waals surface area contributed by atoms with Gasteiger partial charge in [0, 0.05) is 39.0 Å². The summed E-state index contributed by atoms with van der Waals surface area (Å²) in [6, 6.07) is 5.91. The fourth-order valence-electron chi connectivity index (χ4n) is 4.87. The predicted octanol–water partition coefficient (Wildman–Crippen LogP) is 3.64. The first kappa shape index (κ1) is 23.3. The monoisotopic (exact) mass is 446 g/mol. The second kappa shape index (κ2) is 11.3. The highest BCUT2D eigenvalue weighted by atomic mass is 16.7. The van der Waals surface area contributed by atoms with E-state index in [9.17, 15) is 4.79 Å². The molecule has 0 aromatic heterocycles. The molecule has 7 heteroatoms. The molecule has 1 aliphatic carbocycles. The molecule has 2 saturated heterocycles. The summed E-state index contributed by atoms with van der Waals surface area (Å²) in [6.45, 7) is 6.35. The van der Waals surface area contributed by atoms with Crippen molar-refractivity contribution in [1.82, 2.24) is 10.2 Å². The highest BCUT2D eigenvalue weighted by molar-refractivity contribution is 5.78. The maximum absolute atomic E-state index is 12.4. The Balaban J connectivity index is 1.25. The van der Waals surface area contributed by atoms with Crippen molar-refractivity contribution in [2.45, 2.75) is 76.7 Å². The lowest BCUT2D eigenvalue weighted by Crippen LogP contribution is -2.38. The summed E-state index contributed by atoms with van der Waals surface area (Å²) in [5.41, 5.74) is 1.11. The summed E-state index contributed by atoms with van der Waals surface area (Å²) >= 11 is 0. The zero-order valence-electron chi connectivity index (χ0n) is 19.4. The van der Waals surface area contributed by atoms with Crippen molar-refractivity contribution in [2.24, 2.45) is 0 Å². The minimum absolute atomic E-state index is 0.0485. The van der Waals surface area contributed by atoms with Gasteiger partial charge in [-0.25, -0.2) is 0 Å². The zero-order valence-corrected chi connectivity index (χ0v) is 19.4. The third-order valence-corrected chi connectivity index (χ3v) is 6.60. The van der Waals surface area contributed by atoms with E-state index in [2.05, 4.69) is 5.32 Å². The Hall–Kier alpha value is -1.83. The molecule has 1 N–H and O–H groups in total. The van der Waals surface area contributed by atoms with Crippen molar-refractivity contribution in [2.75, 3.05) is 39.5 Å². The first-order chi connectivity index (χ1) is 15.7. The fraction of sp³-hybridized carbons (Fsp3) is 0.720. The van der Waals surface area contributed by atoms with E-state index in [1.165, 1.54) is 25.7 Å². The van der Waals surface area contributed by atoms with E-state index in [1.54, 1.807) is 0 Å². The topological polar surface area (TPSA) is 69.3 Å². The standard InChI is InChI=1S/C25H38N2O5/c1-2-29-23-15-20(9-10-22(23)30-19-24(28)27-13-7-4-8-14-27)16-26-17-21-18-31-25(32-21)11-5-3-6-12-25/h9-10,15,21,26H,2-8,11-14,16-19H2,1H3/t21-/m0/s1. The number of likely N-dealkylation sites (tertiary alicyclic amines) is 1. The lowest BCUT2D eigenvalue weighted by Gasteiger charge is -2.31. The first-order valence-corrected chi connectivity index (χ1v) is 12.4. The van der Waals surface area contributed by atoms with Gasteiger partial charge in [-0.15, -0.1) is 0 Å². The van der Waals surface area contributed by atoms with Crippen LogP contribution >= 0.6 is 0 Å². The second-order valence-corrected chi connectivity index (χ2v) is 9.10. The molecule has 1 saturated carbocycles. The molecule has 0 radical (unpaired) electrons. The van der Waals surface area contributed by atoms with Crippen LogP contribution in [0.3, 0.4) is 0 Å². The van der Waals surface area contributed by atoms with Crippen LogP contribution < -0.4 is 14.8 Å². The van der Waals surface area contributed by atoms with Gasteiger partial charge in [0.1, 0.15) is 0 Å². The Kier molecular flexibility index (Phi) is 8.27. The van der Waals surface area contributed by atoms with Crippen LogP contribution in [0.5, 0.6) is 11.5 Å². The molecule has 1 aromatic carbocycles. The van der Waals surface area contributed by atoms with Crippen LogP contribution in [-0.4, -0.2) is 62.2 Å². The van der Waals surface area contributed by atoms with Crippen molar-refractivity contribution in [3.63, 3.8) is 0 Å². The van der Waals surface area contributed by atoms with Gasteiger partial charge in [-0.3, -0.25) is 4.79 Å². The molecular formula is C25H38N2O5. The molecular weight excluding hydrogens is 408 g/mol. The number of rotatable bonds is 9. The minimum Gasteiger partial charge on any atom is -0.490 e. The Morgan fingerprint density at radius 3 is 2.66 bits per heavy atom. The SMILES string of the molecule is CCOc1cc(CNC[C@H]2COC3(CCCCC3)O2)ccc1OCC(=O)N1CCCCC1. The average Bonchev–Trinajstić information content (AvgIpc) is 3.21. The number of benzene rings is 1. The molecule has 1 aromatic rings. The Bertz CT molecular complexity index is 744. The molecule has 0 unspecified atom stereocenters. The number of piperidine rings is 1. The van der Waals surface area contributed by atoms with E-state index >= 15 is 0 Å². The molecule has 32 heavy (non-hydrogen) atoms. The number of nitrogens with zero attached hydrogens (tertiary/aromatic N) is 1. The van der Waals surface area contributed by atoms with Gasteiger partial charge in [-0.1, -0.05) is 12.5 Å². The van der Waals surface area contributed by atoms with Crippen LogP contribution in [0.25, 0.3) is 0 Å². The quantitative estimate of drug-likeness (QED) is 0.625. The smallest absolute Gasteiger partial charge is 0.260 e. The van der Waals surface area contributed by atoms with Gasteiger partial charge in [0.15, 0.2) is 23.9 Å². The number of hydrogen-bond acceptors (Lipinski definition) is 6. The second-order valence-electron chi connectivity index (χ2n) is 9.10. The van der Waals surface area contributed by atoms with Crippen molar-refractivity contribution in [1.29, 1.82) is 0 Å². The number of nitrogens with one attached hydrogen (secondary N) is 1. The van der Waals surface area contributed by atoms with Gasteiger partial charge >= 0.3 is 0 Å². The molecule has 1 atom stereocenters. The van der Waals surface area contributed by atoms with Crippen LogP contribution in [0.4, 0.5) is 0 Å². The highest BCUT2D eigenvalue weighted by Gasteiger charge is 2.41. The van der Waals surface area contributed by atoms with Gasteiger partial charge in [-0.05, 0) is 56.7 Å². The van der Waals surface area contributed by atoms with E-state index in [-0.39, 0.29) is 24.4 Å². The Morgan fingerprint density at radius 1 is 1.09 bits per heavy atom. The molecule has 2 aliphatic heterocycles. The number of carbonyl (C=O) groups is 1. The lowest BCUT2D eigenvalue weighted by atomic mass is 9.94. The predicted molar refractivity (Wildman–Crippen MR) is 122 cm³/mol. The molecule has 1 amide bonds. The summed E-state index contributed by atoms with van der Waals surface area (Å²) in [5.74, 6) is 1.03. The Labute approximate surface area is 191 Å². The van der Waals surface area contributed by atoms with Crippen LogP contribution in [-0.2, 0) is 20.8 Å². The Morgan fingerprint density at radius 2 is 1.88 bits per heavy atom. The molecule has 2 heterocycles. The molecule has 3 fully saturated rings. The van der Waals surface area contributed by atoms with Gasteiger partial charge in [0.05, 0.1) is 19.3 Å². The molecule has 1 spiro atoms. The average molecular weight is 447 g/mol. The summed E-state index contributed by atoms with van der Waals surface area (Å²) in [7, 11) is 0. The highest BCUT2D eigenvalue weighted by Crippen LogP contribution is 2.37. The van der Waals surface area contributed by atoms with E-state index in [1.807, 2.05) is 30.0 Å². The summed E-state index contributed by atoms with van der Waals surface area (Å²) in [6.07, 6.45) is 9.17. The maximum atomic E-state index is 12.4. The van der Waals surface area contributed by atoms with E-state index in [0.29, 0.717) is 31.3 Å². The fourth-order valence-corrected chi connectivity index (χ4v) is 4.87. The largest absolute Gasteiger partial charge is 0.490 e. The van der Waals surface area contributed by atoms with Crippen LogP contribution in [0.1, 0.15) is 63.9 Å². The van der Waals surface area contributed by atoms with E-state index < -0.39 is 0 Å². The van der Waals surface area contributed by atoms with E-state index in [0.717, 1.165) is 50.9 Å². The lowest BCUT2D eigenvalue weighted by molar-refractivity contribution is -0.186. The molecule has 0 bridgehead atoms. The number of carbonyl (C=O) groups excluding carboxylic acids is 1. The normalized spacial score (nSPS) is 22.8. The zero-order chi connectivity index (χ0) is 22.2. The van der Waals surface area contributed by atoms with E-state index in [4.69, 9.17) is 18.9 Å². The van der Waals surface area contributed by atoms with Crippen molar-refractivity contribution >= 4 is 5.91 Å². The minimum atomic E-state index is -0.322. The van der Waals surface area contributed by atoms with Gasteiger partial charge in [0.25, 0.3) is 5.91 Å². The number of amides is 1. The van der Waals surface area contributed by atoms with Crippen molar-refractivity contribution < 1.29 is 23.7 Å². The number of ether oxygens (including phenoxy) is 4. The molecule has 178 valence electrons. The van der Waals surface area contributed by atoms with Crippen molar-refractivity contribution in [3.8, 4) is 11.5 Å². The summed E-state index contributed by atoms with van der Waals surface area (Å²) < 4.78 is 23.9. The van der Waals surface area contributed by atoms with Gasteiger partial charge in [-0.2, -0.15) is 0 Å². The van der Waals surface area contributed by atoms with Crippen LogP contribution in [0.15, 0.2) is 18.2 Å². The number of hydrogen-bond donors (Lipinski definition) is 1. The van der Waals surface area contributed by atoms with Crippen LogP contribution in [0.2, 0.25) is 0 Å². The third-order valence-electron chi connectivity index (χ3n) is 6.60. The summed E-state index contributed by atoms with van der Waals surface area (Å²) in [4.78, 5) is 14.3.